The first-order chi connectivity index (χ1) is 5.38. The highest BCUT2D eigenvalue weighted by atomic mass is 32.2. The van der Waals surface area contributed by atoms with Gasteiger partial charge in [-0.1, -0.05) is 0 Å². The summed E-state index contributed by atoms with van der Waals surface area (Å²) in [5, 5.41) is 3.97. The second-order valence-electron chi connectivity index (χ2n) is 2.37. The number of aromatic nitrogens is 2. The van der Waals surface area contributed by atoms with Gasteiger partial charge in [0.15, 0.2) is 4.67 Å². The molecule has 1 heterocycles. The average molecular weight is 207 g/mol. The third kappa shape index (κ3) is 2.42. The van der Waals surface area contributed by atoms with Crippen molar-refractivity contribution in [1.82, 2.24) is 9.17 Å². The maximum Gasteiger partial charge on any atom is 0.251 e. The number of rotatable bonds is 1. The first-order valence-corrected chi connectivity index (χ1v) is 5.78. The van der Waals surface area contributed by atoms with Gasteiger partial charge in [-0.3, -0.25) is 0 Å². The molecule has 0 spiro atoms. The molecule has 0 atom stereocenters. The van der Waals surface area contributed by atoms with Crippen molar-refractivity contribution in [3.63, 3.8) is 0 Å². The van der Waals surface area contributed by atoms with Gasteiger partial charge in [-0.05, 0) is 18.5 Å². The van der Waals surface area contributed by atoms with Gasteiger partial charge < -0.3 is 0 Å². The van der Waals surface area contributed by atoms with Crippen molar-refractivity contribution in [3.8, 4) is 0 Å². The van der Waals surface area contributed by atoms with Crippen molar-refractivity contribution in [3.05, 3.63) is 10.4 Å². The molecule has 0 unspecified atom stereocenters. The molecule has 1 aromatic heterocycles. The second kappa shape index (κ2) is 2.98. The van der Waals surface area contributed by atoms with Gasteiger partial charge in [0.05, 0.1) is 11.9 Å². The fraction of sp³-hybridized carbons (Fsp3) is 0.600. The molecule has 0 bridgehead atoms. The van der Waals surface area contributed by atoms with E-state index in [1.807, 2.05) is 0 Å². The highest BCUT2D eigenvalue weighted by Gasteiger charge is 2.01. The van der Waals surface area contributed by atoms with Crippen LogP contribution in [-0.2, 0) is 17.1 Å². The number of aryl methyl sites for hydroxylation is 2. The Morgan fingerprint density at radius 3 is 2.50 bits per heavy atom. The van der Waals surface area contributed by atoms with E-state index in [2.05, 4.69) is 9.50 Å². The van der Waals surface area contributed by atoms with E-state index in [9.17, 15) is 8.42 Å². The minimum atomic E-state index is -3.30. The minimum absolute atomic E-state index is 0.444. The average Bonchev–Trinajstić information content (AvgIpc) is 2.06. The molecule has 0 fully saturated rings. The van der Waals surface area contributed by atoms with Crippen molar-refractivity contribution < 1.29 is 8.42 Å². The Hall–Kier alpha value is -0.690. The van der Waals surface area contributed by atoms with Crippen molar-refractivity contribution in [1.29, 1.82) is 0 Å². The van der Waals surface area contributed by atoms with Gasteiger partial charge >= 0.3 is 0 Å². The van der Waals surface area contributed by atoms with Gasteiger partial charge in [0.1, 0.15) is 0 Å². The van der Waals surface area contributed by atoms with Gasteiger partial charge in [-0.25, -0.2) is 12.5 Å². The highest BCUT2D eigenvalue weighted by Crippen LogP contribution is 1.91. The summed E-state index contributed by atoms with van der Waals surface area (Å²) in [5.74, 6) is 0. The van der Waals surface area contributed by atoms with E-state index in [0.29, 0.717) is 10.4 Å². The summed E-state index contributed by atoms with van der Waals surface area (Å²) in [6.07, 6.45) is 1.06. The maximum atomic E-state index is 10.8. The molecule has 0 saturated carbocycles. The molecule has 0 aliphatic carbocycles. The third-order valence-electron chi connectivity index (χ3n) is 1.07. The van der Waals surface area contributed by atoms with Crippen LogP contribution in [0.25, 0.3) is 0 Å². The van der Waals surface area contributed by atoms with Crippen LogP contribution in [0.5, 0.6) is 0 Å². The Kier molecular flexibility index (Phi) is 2.34. The van der Waals surface area contributed by atoms with Crippen LogP contribution in [0.15, 0.2) is 4.40 Å². The highest BCUT2D eigenvalue weighted by molar-refractivity contribution is 7.89. The molecule has 1 aromatic rings. The molecule has 0 amide bonds. The molecule has 68 valence electrons. The standard InChI is InChI=1S/C5H9N3O2S2/c1-4-5(7-12(3,9)10)11-8(2)6-4/h1-3H3/b7-5+. The van der Waals surface area contributed by atoms with E-state index in [1.54, 1.807) is 18.0 Å². The summed E-state index contributed by atoms with van der Waals surface area (Å²) in [6, 6.07) is 0. The summed E-state index contributed by atoms with van der Waals surface area (Å²) in [4.78, 5) is 0. The van der Waals surface area contributed by atoms with E-state index in [4.69, 9.17) is 0 Å². The lowest BCUT2D eigenvalue weighted by Crippen LogP contribution is -2.03. The zero-order valence-electron chi connectivity index (χ0n) is 6.97. The van der Waals surface area contributed by atoms with Crippen LogP contribution in [0.2, 0.25) is 0 Å². The Morgan fingerprint density at radius 2 is 2.17 bits per heavy atom. The van der Waals surface area contributed by atoms with Crippen LogP contribution in [0, 0.1) is 6.92 Å². The van der Waals surface area contributed by atoms with Gasteiger partial charge in [0.2, 0.25) is 0 Å². The molecular weight excluding hydrogens is 198 g/mol. The fourth-order valence-electron chi connectivity index (χ4n) is 0.699. The first-order valence-electron chi connectivity index (χ1n) is 3.16. The zero-order valence-corrected chi connectivity index (χ0v) is 8.61. The Labute approximate surface area is 74.6 Å². The summed E-state index contributed by atoms with van der Waals surface area (Å²) < 4.78 is 27.1. The third-order valence-corrected chi connectivity index (χ3v) is 2.60. The molecule has 0 radical (unpaired) electrons. The number of hydrogen-bond donors (Lipinski definition) is 0. The molecule has 5 nitrogen and oxygen atoms in total. The molecule has 0 aromatic carbocycles. The zero-order chi connectivity index (χ0) is 9.35. The number of sulfonamides is 1. The fourth-order valence-corrected chi connectivity index (χ4v) is 2.26. The number of hydrogen-bond acceptors (Lipinski definition) is 4. The monoisotopic (exact) mass is 207 g/mol. The Bertz CT molecular complexity index is 440. The van der Waals surface area contributed by atoms with Crippen LogP contribution in [0.1, 0.15) is 5.69 Å². The summed E-state index contributed by atoms with van der Waals surface area (Å²) >= 11 is 1.20. The molecule has 0 aliphatic rings. The van der Waals surface area contributed by atoms with Gasteiger partial charge in [-0.15, -0.1) is 4.40 Å². The summed E-state index contributed by atoms with van der Waals surface area (Å²) in [7, 11) is -1.57. The lowest BCUT2D eigenvalue weighted by atomic mass is 10.6. The van der Waals surface area contributed by atoms with E-state index in [0.717, 1.165) is 6.26 Å². The number of nitrogens with zero attached hydrogens (tertiary/aromatic N) is 3. The molecule has 1 rings (SSSR count). The van der Waals surface area contributed by atoms with Crippen molar-refractivity contribution >= 4 is 21.6 Å². The van der Waals surface area contributed by atoms with Crippen LogP contribution in [0.3, 0.4) is 0 Å². The molecular formula is C5H9N3O2S2. The van der Waals surface area contributed by atoms with Crippen molar-refractivity contribution in [2.45, 2.75) is 6.92 Å². The first kappa shape index (κ1) is 9.40. The Balaban J connectivity index is 3.38. The molecule has 7 heteroatoms. The molecule has 0 N–H and O–H groups in total. The van der Waals surface area contributed by atoms with E-state index >= 15 is 0 Å². The predicted octanol–water partition coefficient (Wildman–Crippen LogP) is -0.350. The van der Waals surface area contributed by atoms with Crippen LogP contribution in [0.4, 0.5) is 0 Å². The van der Waals surface area contributed by atoms with Crippen LogP contribution >= 0.6 is 11.5 Å². The maximum absolute atomic E-state index is 10.8. The SMILES string of the molecule is Cc1nn(C)s/c1=N/S(C)(=O)=O. The normalized spacial score (nSPS) is 13.8. The summed E-state index contributed by atoms with van der Waals surface area (Å²) in [6.45, 7) is 1.72. The largest absolute Gasteiger partial charge is 0.251 e. The minimum Gasteiger partial charge on any atom is -0.220 e. The second-order valence-corrected chi connectivity index (χ2v) is 5.12. The van der Waals surface area contributed by atoms with Gasteiger partial charge in [-0.2, -0.15) is 5.10 Å². The quantitative estimate of drug-likeness (QED) is 0.632. The molecule has 0 saturated heterocycles. The van der Waals surface area contributed by atoms with Crippen molar-refractivity contribution in [2.75, 3.05) is 6.26 Å². The van der Waals surface area contributed by atoms with Gasteiger partial charge in [0.25, 0.3) is 10.0 Å². The molecule has 0 aliphatic heterocycles. The molecule has 12 heavy (non-hydrogen) atoms. The summed E-state index contributed by atoms with van der Waals surface area (Å²) in [5.41, 5.74) is 0.632. The smallest absolute Gasteiger partial charge is 0.220 e. The lowest BCUT2D eigenvalue weighted by Gasteiger charge is -1.81. The lowest BCUT2D eigenvalue weighted by molar-refractivity contribution is 0.602. The van der Waals surface area contributed by atoms with Gasteiger partial charge in [0, 0.05) is 7.05 Å². The Morgan fingerprint density at radius 1 is 1.58 bits per heavy atom. The predicted molar refractivity (Wildman–Crippen MR) is 46.2 cm³/mol. The van der Waals surface area contributed by atoms with Crippen LogP contribution < -0.4 is 4.67 Å². The van der Waals surface area contributed by atoms with E-state index in [1.165, 1.54) is 11.5 Å². The topological polar surface area (TPSA) is 64.3 Å². The van der Waals surface area contributed by atoms with E-state index < -0.39 is 10.0 Å². The van der Waals surface area contributed by atoms with E-state index in [-0.39, 0.29) is 0 Å². The van der Waals surface area contributed by atoms with Crippen LogP contribution in [-0.4, -0.2) is 23.8 Å². The van der Waals surface area contributed by atoms with Crippen molar-refractivity contribution in [2.24, 2.45) is 11.4 Å².